The number of carboxylic acid groups (broad SMARTS) is 1. The van der Waals surface area contributed by atoms with Crippen molar-refractivity contribution in [1.82, 2.24) is 4.31 Å². The number of nitrogens with zero attached hydrogens (tertiary/aromatic N) is 1. The van der Waals surface area contributed by atoms with Crippen LogP contribution < -0.4 is 0 Å². The zero-order valence-electron chi connectivity index (χ0n) is 12.3. The van der Waals surface area contributed by atoms with Crippen LogP contribution in [0.5, 0.6) is 0 Å². The standard InChI is InChI=1S/C15H21NO4S/c1-11-7-3-5-9-13(11)16(2)21(19,20)14-10-6-4-8-12(14)15(17)18/h4,6,8,10-11,13H,3,5,7,9H2,1-2H3,(H,17,18). The Hall–Kier alpha value is -1.40. The van der Waals surface area contributed by atoms with Crippen LogP contribution in [0.2, 0.25) is 0 Å². The number of benzene rings is 1. The average molecular weight is 311 g/mol. The Morgan fingerprint density at radius 3 is 2.48 bits per heavy atom. The Bertz CT molecular complexity index is 626. The van der Waals surface area contributed by atoms with Gasteiger partial charge in [-0.05, 0) is 30.9 Å². The molecule has 0 saturated heterocycles. The van der Waals surface area contributed by atoms with Crippen molar-refractivity contribution in [3.8, 4) is 0 Å². The van der Waals surface area contributed by atoms with Gasteiger partial charge in [-0.2, -0.15) is 4.31 Å². The zero-order valence-corrected chi connectivity index (χ0v) is 13.1. The Labute approximate surface area is 125 Å². The molecule has 116 valence electrons. The molecule has 0 aliphatic heterocycles. The highest BCUT2D eigenvalue weighted by atomic mass is 32.2. The van der Waals surface area contributed by atoms with Gasteiger partial charge in [0.1, 0.15) is 0 Å². The maximum absolute atomic E-state index is 12.8. The number of sulfonamides is 1. The molecule has 1 aliphatic rings. The van der Waals surface area contributed by atoms with Crippen LogP contribution in [0.4, 0.5) is 0 Å². The van der Waals surface area contributed by atoms with E-state index < -0.39 is 16.0 Å². The molecule has 6 heteroatoms. The Morgan fingerprint density at radius 2 is 1.86 bits per heavy atom. The monoisotopic (exact) mass is 311 g/mol. The molecule has 1 N–H and O–H groups in total. The molecule has 1 aromatic carbocycles. The first-order chi connectivity index (χ1) is 9.85. The number of aromatic carboxylic acids is 1. The summed E-state index contributed by atoms with van der Waals surface area (Å²) >= 11 is 0. The molecule has 5 nitrogen and oxygen atoms in total. The summed E-state index contributed by atoms with van der Waals surface area (Å²) in [7, 11) is -2.24. The number of rotatable bonds is 4. The molecule has 0 heterocycles. The summed E-state index contributed by atoms with van der Waals surface area (Å²) in [5, 5.41) is 9.19. The van der Waals surface area contributed by atoms with Gasteiger partial charge in [-0.15, -0.1) is 0 Å². The van der Waals surface area contributed by atoms with Gasteiger partial charge in [0.05, 0.1) is 10.5 Å². The fourth-order valence-corrected chi connectivity index (χ4v) is 4.70. The number of carbonyl (C=O) groups is 1. The van der Waals surface area contributed by atoms with Gasteiger partial charge in [0.2, 0.25) is 10.0 Å². The number of hydrogen-bond donors (Lipinski definition) is 1. The second-order valence-electron chi connectivity index (χ2n) is 5.65. The summed E-state index contributed by atoms with van der Waals surface area (Å²) in [5.41, 5.74) is -0.173. The lowest BCUT2D eigenvalue weighted by molar-refractivity contribution is 0.0692. The highest BCUT2D eigenvalue weighted by Crippen LogP contribution is 2.31. The van der Waals surface area contributed by atoms with Gasteiger partial charge < -0.3 is 5.11 Å². The van der Waals surface area contributed by atoms with Crippen LogP contribution in [0.25, 0.3) is 0 Å². The first-order valence-electron chi connectivity index (χ1n) is 7.16. The fraction of sp³-hybridized carbons (Fsp3) is 0.533. The molecule has 2 atom stereocenters. The molecule has 0 aromatic heterocycles. The largest absolute Gasteiger partial charge is 0.478 e. The van der Waals surface area contributed by atoms with E-state index in [2.05, 4.69) is 6.92 Å². The van der Waals surface area contributed by atoms with Crippen molar-refractivity contribution in [3.05, 3.63) is 29.8 Å². The molecule has 1 fully saturated rings. The lowest BCUT2D eigenvalue weighted by Crippen LogP contribution is -2.42. The topological polar surface area (TPSA) is 74.7 Å². The van der Waals surface area contributed by atoms with Crippen LogP contribution in [0.3, 0.4) is 0 Å². The van der Waals surface area contributed by atoms with Crippen molar-refractivity contribution < 1.29 is 18.3 Å². The lowest BCUT2D eigenvalue weighted by Gasteiger charge is -2.35. The predicted octanol–water partition coefficient (Wildman–Crippen LogP) is 2.58. The minimum atomic E-state index is -3.79. The Kier molecular flexibility index (Phi) is 4.68. The van der Waals surface area contributed by atoms with Crippen molar-refractivity contribution >= 4 is 16.0 Å². The molecule has 1 aliphatic carbocycles. The molecule has 0 amide bonds. The summed E-state index contributed by atoms with van der Waals surface area (Å²) in [6.45, 7) is 2.05. The maximum Gasteiger partial charge on any atom is 0.337 e. The van der Waals surface area contributed by atoms with Gasteiger partial charge in [-0.1, -0.05) is 31.9 Å². The molecule has 0 spiro atoms. The van der Waals surface area contributed by atoms with Gasteiger partial charge in [-0.3, -0.25) is 0 Å². The number of carboxylic acids is 1. The third-order valence-electron chi connectivity index (χ3n) is 4.31. The van der Waals surface area contributed by atoms with Crippen molar-refractivity contribution in [2.45, 2.75) is 43.5 Å². The van der Waals surface area contributed by atoms with Crippen LogP contribution in [-0.2, 0) is 10.0 Å². The van der Waals surface area contributed by atoms with Gasteiger partial charge >= 0.3 is 5.97 Å². The van der Waals surface area contributed by atoms with Crippen LogP contribution >= 0.6 is 0 Å². The highest BCUT2D eigenvalue weighted by molar-refractivity contribution is 7.89. The maximum atomic E-state index is 12.8. The van der Waals surface area contributed by atoms with E-state index in [0.29, 0.717) is 0 Å². The first kappa shape index (κ1) is 16.0. The number of hydrogen-bond acceptors (Lipinski definition) is 3. The molecule has 1 aromatic rings. The van der Waals surface area contributed by atoms with E-state index in [9.17, 15) is 18.3 Å². The molecule has 21 heavy (non-hydrogen) atoms. The highest BCUT2D eigenvalue weighted by Gasteiger charge is 2.34. The smallest absolute Gasteiger partial charge is 0.337 e. The fourth-order valence-electron chi connectivity index (χ4n) is 3.04. The zero-order chi connectivity index (χ0) is 15.6. The Balaban J connectivity index is 2.40. The van der Waals surface area contributed by atoms with Gasteiger partial charge in [-0.25, -0.2) is 13.2 Å². The molecular formula is C15H21NO4S. The van der Waals surface area contributed by atoms with Crippen molar-refractivity contribution in [3.63, 3.8) is 0 Å². The quantitative estimate of drug-likeness (QED) is 0.927. The van der Waals surface area contributed by atoms with Crippen LogP contribution in [0.1, 0.15) is 43.0 Å². The van der Waals surface area contributed by atoms with Gasteiger partial charge in [0, 0.05) is 13.1 Å². The third-order valence-corrected chi connectivity index (χ3v) is 6.25. The minimum absolute atomic E-state index is 0.0643. The van der Waals surface area contributed by atoms with Crippen molar-refractivity contribution in [1.29, 1.82) is 0 Å². The lowest BCUT2D eigenvalue weighted by atomic mass is 9.86. The average Bonchev–Trinajstić information content (AvgIpc) is 2.47. The SMILES string of the molecule is CC1CCCCC1N(C)S(=O)(=O)c1ccccc1C(=O)O. The van der Waals surface area contributed by atoms with Crippen LogP contribution in [0, 0.1) is 5.92 Å². The summed E-state index contributed by atoms with van der Waals surface area (Å²) < 4.78 is 26.9. The minimum Gasteiger partial charge on any atom is -0.478 e. The van der Waals surface area contributed by atoms with Crippen molar-refractivity contribution in [2.24, 2.45) is 5.92 Å². The van der Waals surface area contributed by atoms with E-state index in [-0.39, 0.29) is 22.4 Å². The molecular weight excluding hydrogens is 290 g/mol. The van der Waals surface area contributed by atoms with E-state index in [4.69, 9.17) is 0 Å². The van der Waals surface area contributed by atoms with E-state index in [1.807, 2.05) is 0 Å². The van der Waals surface area contributed by atoms with E-state index >= 15 is 0 Å². The first-order valence-corrected chi connectivity index (χ1v) is 8.60. The van der Waals surface area contributed by atoms with E-state index in [0.717, 1.165) is 25.7 Å². The molecule has 1 saturated carbocycles. The predicted molar refractivity (Wildman–Crippen MR) is 79.8 cm³/mol. The summed E-state index contributed by atoms with van der Waals surface area (Å²) in [4.78, 5) is 11.1. The normalized spacial score (nSPS) is 23.2. The summed E-state index contributed by atoms with van der Waals surface area (Å²) in [6, 6.07) is 5.71. The molecule has 2 unspecified atom stereocenters. The van der Waals surface area contributed by atoms with E-state index in [1.165, 1.54) is 22.5 Å². The van der Waals surface area contributed by atoms with Gasteiger partial charge in [0.15, 0.2) is 0 Å². The Morgan fingerprint density at radius 1 is 1.24 bits per heavy atom. The second kappa shape index (κ2) is 6.15. The second-order valence-corrected chi connectivity index (χ2v) is 7.62. The third kappa shape index (κ3) is 3.11. The van der Waals surface area contributed by atoms with Crippen LogP contribution in [-0.4, -0.2) is 36.9 Å². The molecule has 0 radical (unpaired) electrons. The van der Waals surface area contributed by atoms with Crippen LogP contribution in [0.15, 0.2) is 29.2 Å². The summed E-state index contributed by atoms with van der Waals surface area (Å²) in [6.07, 6.45) is 3.96. The summed E-state index contributed by atoms with van der Waals surface area (Å²) in [5.74, 6) is -0.935. The van der Waals surface area contributed by atoms with Crippen molar-refractivity contribution in [2.75, 3.05) is 7.05 Å². The molecule has 0 bridgehead atoms. The van der Waals surface area contributed by atoms with E-state index in [1.54, 1.807) is 13.1 Å². The molecule has 2 rings (SSSR count). The van der Waals surface area contributed by atoms with Gasteiger partial charge in [0.25, 0.3) is 0 Å².